The van der Waals surface area contributed by atoms with Crippen molar-refractivity contribution in [2.75, 3.05) is 30.9 Å². The van der Waals surface area contributed by atoms with Gasteiger partial charge in [-0.2, -0.15) is 11.8 Å². The van der Waals surface area contributed by atoms with Gasteiger partial charge in [0.15, 0.2) is 9.84 Å². The highest BCUT2D eigenvalue weighted by molar-refractivity contribution is 8.00. The van der Waals surface area contributed by atoms with E-state index in [4.69, 9.17) is 4.74 Å². The van der Waals surface area contributed by atoms with Crippen molar-refractivity contribution in [2.45, 2.75) is 18.2 Å². The summed E-state index contributed by atoms with van der Waals surface area (Å²) in [6.07, 6.45) is 2.08. The number of hydrogen-bond donors (Lipinski definition) is 0. The van der Waals surface area contributed by atoms with Gasteiger partial charge in [-0.1, -0.05) is 18.2 Å². The maximum Gasteiger partial charge on any atom is 0.223 e. The lowest BCUT2D eigenvalue weighted by molar-refractivity contribution is -0.131. The van der Waals surface area contributed by atoms with Gasteiger partial charge in [-0.05, 0) is 18.6 Å². The Labute approximate surface area is 135 Å². The van der Waals surface area contributed by atoms with Crippen LogP contribution in [0.5, 0.6) is 5.75 Å². The fraction of sp³-hybridized carbons (Fsp3) is 0.533. The first-order valence-corrected chi connectivity index (χ1v) is 10.3. The van der Waals surface area contributed by atoms with Crippen molar-refractivity contribution in [1.82, 2.24) is 4.90 Å². The monoisotopic (exact) mass is 343 g/mol. The second kappa shape index (κ2) is 7.87. The van der Waals surface area contributed by atoms with Gasteiger partial charge in [0, 0.05) is 30.7 Å². The van der Waals surface area contributed by atoms with Crippen molar-refractivity contribution in [3.63, 3.8) is 0 Å². The minimum Gasteiger partial charge on any atom is -0.494 e. The molecule has 0 spiro atoms. The molecule has 1 aliphatic rings. The molecule has 0 aromatic heterocycles. The van der Waals surface area contributed by atoms with Crippen LogP contribution in [0.25, 0.3) is 0 Å². The summed E-state index contributed by atoms with van der Waals surface area (Å²) >= 11 is 1.58. The number of ether oxygens (including phenoxy) is 1. The number of sulfone groups is 1. The van der Waals surface area contributed by atoms with Crippen LogP contribution in [0.1, 0.15) is 12.8 Å². The number of nitrogens with zero attached hydrogens (tertiary/aromatic N) is 1. The summed E-state index contributed by atoms with van der Waals surface area (Å²) in [4.78, 5) is 13.8. The maximum absolute atomic E-state index is 12.3. The molecule has 1 heterocycles. The molecule has 1 atom stereocenters. The average molecular weight is 343 g/mol. The topological polar surface area (TPSA) is 63.7 Å². The molecular formula is C15H21NO4S2. The van der Waals surface area contributed by atoms with Crippen molar-refractivity contribution >= 4 is 27.5 Å². The Morgan fingerprint density at radius 3 is 2.77 bits per heavy atom. The highest BCUT2D eigenvalue weighted by Crippen LogP contribution is 2.21. The normalized spacial score (nSPS) is 19.0. The third-order valence-electron chi connectivity index (χ3n) is 3.45. The third-order valence-corrected chi connectivity index (χ3v) is 6.09. The zero-order chi connectivity index (χ0) is 16.0. The number of carbonyl (C=O) groups is 1. The van der Waals surface area contributed by atoms with E-state index in [1.165, 1.54) is 11.2 Å². The van der Waals surface area contributed by atoms with Crippen LogP contribution < -0.4 is 4.74 Å². The lowest BCUT2D eigenvalue weighted by Gasteiger charge is -2.34. The SMILES string of the molecule is CS(=O)(=O)C1CSCCN1C(=O)CCCOc1ccccc1. The highest BCUT2D eigenvalue weighted by atomic mass is 32.2. The minimum atomic E-state index is -3.24. The van der Waals surface area contributed by atoms with Crippen LogP contribution in [0, 0.1) is 0 Å². The van der Waals surface area contributed by atoms with E-state index < -0.39 is 15.2 Å². The molecule has 1 aromatic rings. The molecule has 1 aromatic carbocycles. The molecule has 0 radical (unpaired) electrons. The Morgan fingerprint density at radius 1 is 1.36 bits per heavy atom. The van der Waals surface area contributed by atoms with E-state index in [-0.39, 0.29) is 5.91 Å². The second-order valence-corrected chi connectivity index (χ2v) is 8.56. The smallest absolute Gasteiger partial charge is 0.223 e. The minimum absolute atomic E-state index is 0.104. The van der Waals surface area contributed by atoms with Crippen molar-refractivity contribution in [2.24, 2.45) is 0 Å². The summed E-state index contributed by atoms with van der Waals surface area (Å²) in [5.41, 5.74) is 0. The maximum atomic E-state index is 12.3. The zero-order valence-electron chi connectivity index (χ0n) is 12.6. The predicted octanol–water partition coefficient (Wildman–Crippen LogP) is 1.79. The summed E-state index contributed by atoms with van der Waals surface area (Å²) in [5, 5.41) is -0.686. The Hall–Kier alpha value is -1.21. The van der Waals surface area contributed by atoms with Crippen molar-refractivity contribution < 1.29 is 17.9 Å². The van der Waals surface area contributed by atoms with E-state index in [9.17, 15) is 13.2 Å². The van der Waals surface area contributed by atoms with Gasteiger partial charge in [-0.15, -0.1) is 0 Å². The van der Waals surface area contributed by atoms with E-state index in [2.05, 4.69) is 0 Å². The van der Waals surface area contributed by atoms with E-state index in [0.29, 0.717) is 31.7 Å². The number of amides is 1. The predicted molar refractivity (Wildman–Crippen MR) is 88.8 cm³/mol. The molecule has 1 unspecified atom stereocenters. The van der Waals surface area contributed by atoms with E-state index in [0.717, 1.165) is 11.5 Å². The van der Waals surface area contributed by atoms with Gasteiger partial charge >= 0.3 is 0 Å². The molecular weight excluding hydrogens is 322 g/mol. The number of para-hydroxylation sites is 1. The van der Waals surface area contributed by atoms with Crippen molar-refractivity contribution in [1.29, 1.82) is 0 Å². The van der Waals surface area contributed by atoms with Gasteiger partial charge < -0.3 is 9.64 Å². The van der Waals surface area contributed by atoms with Gasteiger partial charge in [-0.25, -0.2) is 8.42 Å². The Balaban J connectivity index is 1.80. The molecule has 1 amide bonds. The van der Waals surface area contributed by atoms with E-state index in [1.54, 1.807) is 11.8 Å². The van der Waals surface area contributed by atoms with Crippen LogP contribution in [0.4, 0.5) is 0 Å². The van der Waals surface area contributed by atoms with Gasteiger partial charge in [0.2, 0.25) is 5.91 Å². The quantitative estimate of drug-likeness (QED) is 0.737. The van der Waals surface area contributed by atoms with E-state index in [1.807, 2.05) is 30.3 Å². The Kier molecular flexibility index (Phi) is 6.14. The number of benzene rings is 1. The van der Waals surface area contributed by atoms with Gasteiger partial charge in [0.05, 0.1) is 6.61 Å². The molecule has 1 aliphatic heterocycles. The summed E-state index contributed by atoms with van der Waals surface area (Å²) in [5.74, 6) is 1.93. The highest BCUT2D eigenvalue weighted by Gasteiger charge is 2.33. The van der Waals surface area contributed by atoms with Crippen molar-refractivity contribution in [3.8, 4) is 5.75 Å². The molecule has 22 heavy (non-hydrogen) atoms. The molecule has 5 nitrogen and oxygen atoms in total. The molecule has 1 saturated heterocycles. The molecule has 2 rings (SSSR count). The van der Waals surface area contributed by atoms with E-state index >= 15 is 0 Å². The molecule has 0 aliphatic carbocycles. The molecule has 0 saturated carbocycles. The van der Waals surface area contributed by atoms with Crippen molar-refractivity contribution in [3.05, 3.63) is 30.3 Å². The van der Waals surface area contributed by atoms with Crippen LogP contribution in [-0.2, 0) is 14.6 Å². The lowest BCUT2D eigenvalue weighted by Crippen LogP contribution is -2.49. The summed E-state index contributed by atoms with van der Waals surface area (Å²) < 4.78 is 29.1. The Bertz CT molecular complexity index is 589. The van der Waals surface area contributed by atoms with Crippen LogP contribution in [0.3, 0.4) is 0 Å². The second-order valence-electron chi connectivity index (χ2n) is 5.21. The van der Waals surface area contributed by atoms with Crippen LogP contribution in [0.15, 0.2) is 30.3 Å². The largest absolute Gasteiger partial charge is 0.494 e. The number of thioether (sulfide) groups is 1. The molecule has 0 N–H and O–H groups in total. The number of rotatable bonds is 6. The zero-order valence-corrected chi connectivity index (χ0v) is 14.2. The molecule has 0 bridgehead atoms. The summed E-state index contributed by atoms with van der Waals surface area (Å²) in [6, 6.07) is 9.42. The molecule has 122 valence electrons. The average Bonchev–Trinajstić information content (AvgIpc) is 2.51. The molecule has 7 heteroatoms. The Morgan fingerprint density at radius 2 is 2.09 bits per heavy atom. The first kappa shape index (κ1) is 17.1. The van der Waals surface area contributed by atoms with Gasteiger partial charge in [0.1, 0.15) is 11.1 Å². The fourth-order valence-corrected chi connectivity index (χ4v) is 5.13. The fourth-order valence-electron chi connectivity index (χ4n) is 2.29. The van der Waals surface area contributed by atoms with Crippen LogP contribution in [0.2, 0.25) is 0 Å². The van der Waals surface area contributed by atoms with Gasteiger partial charge in [0.25, 0.3) is 0 Å². The first-order valence-electron chi connectivity index (χ1n) is 7.22. The van der Waals surface area contributed by atoms with Crippen LogP contribution in [-0.4, -0.2) is 55.5 Å². The summed E-state index contributed by atoms with van der Waals surface area (Å²) in [6.45, 7) is 0.947. The van der Waals surface area contributed by atoms with Crippen LogP contribution >= 0.6 is 11.8 Å². The standard InChI is InChI=1S/C15H21NO4S2/c1-22(18,19)15-12-21-11-9-16(15)14(17)8-5-10-20-13-6-3-2-4-7-13/h2-4,6-7,15H,5,8-12H2,1H3. The lowest BCUT2D eigenvalue weighted by atomic mass is 10.3. The molecule has 1 fully saturated rings. The first-order chi connectivity index (χ1) is 10.5. The number of carbonyl (C=O) groups excluding carboxylic acids is 1. The number of hydrogen-bond acceptors (Lipinski definition) is 5. The van der Waals surface area contributed by atoms with Gasteiger partial charge in [-0.3, -0.25) is 4.79 Å². The summed E-state index contributed by atoms with van der Waals surface area (Å²) in [7, 11) is -3.24. The third kappa shape index (κ3) is 4.91.